The van der Waals surface area contributed by atoms with Gasteiger partial charge in [0.05, 0.1) is 0 Å². The molecule has 1 saturated heterocycles. The smallest absolute Gasteiger partial charge is 0.322 e. The van der Waals surface area contributed by atoms with Gasteiger partial charge in [0.1, 0.15) is 12.3 Å². The van der Waals surface area contributed by atoms with Crippen molar-refractivity contribution in [3.05, 3.63) is 48.3 Å². The number of amides is 2. The van der Waals surface area contributed by atoms with Gasteiger partial charge in [-0.1, -0.05) is 12.1 Å². The SMILES string of the molecule is O=C(O)CNC(=O)C1C(=O)CCN(Cc2ccc(Oc3ncccn3)cc2)C1=O. The lowest BCUT2D eigenvalue weighted by Crippen LogP contribution is -2.52. The average Bonchev–Trinajstić information content (AvgIpc) is 2.71. The molecule has 0 bridgehead atoms. The molecule has 2 amide bonds. The van der Waals surface area contributed by atoms with Gasteiger partial charge in [0.25, 0.3) is 0 Å². The molecule has 3 rings (SSSR count). The molecule has 2 heterocycles. The Kier molecular flexibility index (Phi) is 6.12. The minimum absolute atomic E-state index is 0.0312. The number of benzene rings is 1. The third-order valence-electron chi connectivity index (χ3n) is 4.23. The monoisotopic (exact) mass is 398 g/mol. The zero-order chi connectivity index (χ0) is 20.8. The normalized spacial score (nSPS) is 16.4. The van der Waals surface area contributed by atoms with Crippen molar-refractivity contribution in [1.82, 2.24) is 20.2 Å². The fourth-order valence-electron chi connectivity index (χ4n) is 2.83. The highest BCUT2D eigenvalue weighted by Crippen LogP contribution is 2.21. The average molecular weight is 398 g/mol. The fraction of sp³-hybridized carbons (Fsp3) is 0.263. The summed E-state index contributed by atoms with van der Waals surface area (Å²) in [5.74, 6) is -4.29. The zero-order valence-electron chi connectivity index (χ0n) is 15.3. The van der Waals surface area contributed by atoms with Gasteiger partial charge in [-0.15, -0.1) is 0 Å². The molecule has 2 N–H and O–H groups in total. The topological polar surface area (TPSA) is 139 Å². The van der Waals surface area contributed by atoms with Crippen molar-refractivity contribution in [2.24, 2.45) is 5.92 Å². The second-order valence-corrected chi connectivity index (χ2v) is 6.30. The maximum absolute atomic E-state index is 12.6. The Morgan fingerprint density at radius 1 is 1.17 bits per heavy atom. The summed E-state index contributed by atoms with van der Waals surface area (Å²) in [5, 5.41) is 10.7. The van der Waals surface area contributed by atoms with E-state index < -0.39 is 36.0 Å². The quantitative estimate of drug-likeness (QED) is 0.639. The lowest BCUT2D eigenvalue weighted by Gasteiger charge is -2.30. The number of nitrogens with zero attached hydrogens (tertiary/aromatic N) is 3. The van der Waals surface area contributed by atoms with Crippen LogP contribution in [-0.4, -0.2) is 56.6 Å². The van der Waals surface area contributed by atoms with E-state index in [1.807, 2.05) is 0 Å². The summed E-state index contributed by atoms with van der Waals surface area (Å²) in [7, 11) is 0. The minimum Gasteiger partial charge on any atom is -0.480 e. The number of ketones is 1. The van der Waals surface area contributed by atoms with Crippen molar-refractivity contribution < 1.29 is 29.0 Å². The van der Waals surface area contributed by atoms with Crippen LogP contribution in [0, 0.1) is 5.92 Å². The number of carboxylic acids is 1. The molecular weight excluding hydrogens is 380 g/mol. The molecule has 1 aliphatic heterocycles. The molecule has 150 valence electrons. The molecular formula is C19H18N4O6. The number of ether oxygens (including phenoxy) is 1. The first-order chi connectivity index (χ1) is 13.9. The Labute approximate surface area is 165 Å². The van der Waals surface area contributed by atoms with Gasteiger partial charge in [-0.3, -0.25) is 19.2 Å². The summed E-state index contributed by atoms with van der Waals surface area (Å²) < 4.78 is 5.50. The van der Waals surface area contributed by atoms with Crippen molar-refractivity contribution in [2.75, 3.05) is 13.1 Å². The molecule has 1 aromatic carbocycles. The van der Waals surface area contributed by atoms with Crippen LogP contribution < -0.4 is 10.1 Å². The first-order valence-corrected chi connectivity index (χ1v) is 8.79. The van der Waals surface area contributed by atoms with Crippen LogP contribution in [0.5, 0.6) is 11.8 Å². The van der Waals surface area contributed by atoms with Crippen molar-refractivity contribution in [3.8, 4) is 11.8 Å². The summed E-state index contributed by atoms with van der Waals surface area (Å²) >= 11 is 0. The summed E-state index contributed by atoms with van der Waals surface area (Å²) in [6.07, 6.45) is 3.15. The first-order valence-electron chi connectivity index (χ1n) is 8.79. The Bertz CT molecular complexity index is 916. The van der Waals surface area contributed by atoms with E-state index in [4.69, 9.17) is 9.84 Å². The number of likely N-dealkylation sites (tertiary alicyclic amines) is 1. The van der Waals surface area contributed by atoms with Crippen LogP contribution in [0.3, 0.4) is 0 Å². The Morgan fingerprint density at radius 2 is 1.86 bits per heavy atom. The first kappa shape index (κ1) is 19.9. The van der Waals surface area contributed by atoms with Gasteiger partial charge in [-0.25, -0.2) is 9.97 Å². The number of piperidine rings is 1. The Hall–Kier alpha value is -3.82. The lowest BCUT2D eigenvalue weighted by molar-refractivity contribution is -0.152. The molecule has 10 nitrogen and oxygen atoms in total. The van der Waals surface area contributed by atoms with Gasteiger partial charge in [0.2, 0.25) is 11.8 Å². The third-order valence-corrected chi connectivity index (χ3v) is 4.23. The van der Waals surface area contributed by atoms with E-state index in [2.05, 4.69) is 15.3 Å². The highest BCUT2D eigenvalue weighted by molar-refractivity contribution is 6.19. The van der Waals surface area contributed by atoms with Crippen LogP contribution in [0.4, 0.5) is 0 Å². The lowest BCUT2D eigenvalue weighted by atomic mass is 9.94. The maximum Gasteiger partial charge on any atom is 0.322 e. The van der Waals surface area contributed by atoms with Crippen LogP contribution in [0.25, 0.3) is 0 Å². The van der Waals surface area contributed by atoms with E-state index in [9.17, 15) is 19.2 Å². The highest BCUT2D eigenvalue weighted by Gasteiger charge is 2.40. The third kappa shape index (κ3) is 5.12. The largest absolute Gasteiger partial charge is 0.480 e. The zero-order valence-corrected chi connectivity index (χ0v) is 15.3. The van der Waals surface area contributed by atoms with Gasteiger partial charge in [0, 0.05) is 31.9 Å². The van der Waals surface area contributed by atoms with Gasteiger partial charge < -0.3 is 20.1 Å². The van der Waals surface area contributed by atoms with E-state index in [0.29, 0.717) is 5.75 Å². The van der Waals surface area contributed by atoms with Gasteiger partial charge >= 0.3 is 12.0 Å². The number of rotatable bonds is 7. The molecule has 1 aromatic heterocycles. The van der Waals surface area contributed by atoms with E-state index in [1.165, 1.54) is 4.90 Å². The second-order valence-electron chi connectivity index (χ2n) is 6.30. The van der Waals surface area contributed by atoms with E-state index in [1.54, 1.807) is 42.7 Å². The van der Waals surface area contributed by atoms with Gasteiger partial charge in [-0.2, -0.15) is 0 Å². The fourth-order valence-corrected chi connectivity index (χ4v) is 2.83. The number of hydrogen-bond donors (Lipinski definition) is 2. The van der Waals surface area contributed by atoms with Crippen LogP contribution in [0.1, 0.15) is 12.0 Å². The van der Waals surface area contributed by atoms with E-state index in [-0.39, 0.29) is 25.5 Å². The second kappa shape index (κ2) is 8.91. The molecule has 1 unspecified atom stereocenters. The Balaban J connectivity index is 1.63. The maximum atomic E-state index is 12.6. The molecule has 1 atom stereocenters. The number of Topliss-reactive ketones (excluding diaryl/α,β-unsaturated/α-hetero) is 1. The molecule has 0 saturated carbocycles. The molecule has 0 spiro atoms. The minimum atomic E-state index is -1.51. The molecule has 10 heteroatoms. The Morgan fingerprint density at radius 3 is 2.52 bits per heavy atom. The van der Waals surface area contributed by atoms with Crippen molar-refractivity contribution in [2.45, 2.75) is 13.0 Å². The number of aliphatic carboxylic acids is 1. The van der Waals surface area contributed by atoms with E-state index in [0.717, 1.165) is 5.56 Å². The molecule has 1 fully saturated rings. The highest BCUT2D eigenvalue weighted by atomic mass is 16.5. The molecule has 29 heavy (non-hydrogen) atoms. The summed E-state index contributed by atoms with van der Waals surface area (Å²) in [6.45, 7) is -0.254. The number of carbonyl (C=O) groups excluding carboxylic acids is 3. The van der Waals surface area contributed by atoms with Gasteiger partial charge in [-0.05, 0) is 23.8 Å². The summed E-state index contributed by atoms with van der Waals surface area (Å²) in [4.78, 5) is 56.6. The van der Waals surface area contributed by atoms with Gasteiger partial charge in [0.15, 0.2) is 11.7 Å². The van der Waals surface area contributed by atoms with Crippen molar-refractivity contribution >= 4 is 23.6 Å². The number of carboxylic acid groups (broad SMARTS) is 1. The molecule has 0 aliphatic carbocycles. The molecule has 2 aromatic rings. The molecule has 1 aliphatic rings. The summed E-state index contributed by atoms with van der Waals surface area (Å²) in [6, 6.07) is 8.78. The number of hydrogen-bond acceptors (Lipinski definition) is 7. The van der Waals surface area contributed by atoms with Crippen LogP contribution >= 0.6 is 0 Å². The molecule has 0 radical (unpaired) electrons. The predicted molar refractivity (Wildman–Crippen MR) is 97.7 cm³/mol. The van der Waals surface area contributed by atoms with Crippen LogP contribution in [0.15, 0.2) is 42.7 Å². The summed E-state index contributed by atoms with van der Waals surface area (Å²) in [5.41, 5.74) is 0.777. The number of nitrogens with one attached hydrogen (secondary N) is 1. The van der Waals surface area contributed by atoms with Crippen LogP contribution in [-0.2, 0) is 25.7 Å². The standard InChI is InChI=1S/C19H18N4O6/c24-14-6-9-23(18(28)16(14)17(27)22-10-15(25)26)11-12-2-4-13(5-3-12)29-19-20-7-1-8-21-19/h1-5,7-8,16H,6,9-11H2,(H,22,27)(H,25,26). The van der Waals surface area contributed by atoms with Crippen molar-refractivity contribution in [1.29, 1.82) is 0 Å². The van der Waals surface area contributed by atoms with Crippen molar-refractivity contribution in [3.63, 3.8) is 0 Å². The number of carbonyl (C=O) groups is 4. The van der Waals surface area contributed by atoms with Crippen LogP contribution in [0.2, 0.25) is 0 Å². The predicted octanol–water partition coefficient (Wildman–Crippen LogP) is 0.387. The van der Waals surface area contributed by atoms with E-state index >= 15 is 0 Å². The number of aromatic nitrogens is 2.